The number of hydrogen-bond acceptors (Lipinski definition) is 6. The minimum absolute atomic E-state index is 0.0764. The quantitative estimate of drug-likeness (QED) is 0.335. The Hall–Kier alpha value is -4.34. The van der Waals surface area contributed by atoms with Gasteiger partial charge in [0, 0.05) is 54.6 Å². The van der Waals surface area contributed by atoms with Crippen molar-refractivity contribution in [1.29, 1.82) is 0 Å². The first-order chi connectivity index (χ1) is 18.6. The van der Waals surface area contributed by atoms with E-state index in [1.165, 1.54) is 4.57 Å². The van der Waals surface area contributed by atoms with Gasteiger partial charge in [0.05, 0.1) is 22.5 Å². The Labute approximate surface area is 230 Å². The zero-order valence-electron chi connectivity index (χ0n) is 22.0. The molecule has 200 valence electrons. The number of benzene rings is 3. The lowest BCUT2D eigenvalue weighted by molar-refractivity contribution is -0.110. The fraction of sp³-hybridized carbons (Fsp3) is 0.207. The zero-order chi connectivity index (χ0) is 27.8. The van der Waals surface area contributed by atoms with Crippen molar-refractivity contribution >= 4 is 57.2 Å². The number of aromatic nitrogens is 1. The minimum atomic E-state index is -0.473. The predicted molar refractivity (Wildman–Crippen MR) is 154 cm³/mol. The summed E-state index contributed by atoms with van der Waals surface area (Å²) in [5.74, 6) is -0.843. The highest BCUT2D eigenvalue weighted by Gasteiger charge is 2.29. The maximum atomic E-state index is 13.2. The second kappa shape index (κ2) is 10.4. The summed E-state index contributed by atoms with van der Waals surface area (Å²) in [7, 11) is 7.34. The van der Waals surface area contributed by atoms with Gasteiger partial charge in [0.15, 0.2) is 5.58 Å². The number of hydrogen-bond donors (Lipinski definition) is 2. The van der Waals surface area contributed by atoms with Crippen molar-refractivity contribution in [2.45, 2.75) is 0 Å². The van der Waals surface area contributed by atoms with Gasteiger partial charge in [-0.05, 0) is 62.6 Å². The van der Waals surface area contributed by atoms with Crippen LogP contribution in [0.15, 0.2) is 69.9 Å². The van der Waals surface area contributed by atoms with Gasteiger partial charge in [0.2, 0.25) is 0 Å². The van der Waals surface area contributed by atoms with Gasteiger partial charge in [-0.2, -0.15) is 0 Å². The maximum absolute atomic E-state index is 13.2. The fourth-order valence-electron chi connectivity index (χ4n) is 4.47. The molecule has 0 unspecified atom stereocenters. The molecule has 0 fully saturated rings. The monoisotopic (exact) mass is 545 g/mol. The number of fused-ring (bicyclic) bond motifs is 2. The molecule has 39 heavy (non-hydrogen) atoms. The van der Waals surface area contributed by atoms with E-state index in [1.54, 1.807) is 73.6 Å². The van der Waals surface area contributed by atoms with Crippen LogP contribution in [0, 0.1) is 0 Å². The maximum Gasteiger partial charge on any atom is 0.419 e. The van der Waals surface area contributed by atoms with Crippen molar-refractivity contribution in [3.63, 3.8) is 0 Å². The van der Waals surface area contributed by atoms with Crippen molar-refractivity contribution in [3.05, 3.63) is 92.9 Å². The van der Waals surface area contributed by atoms with E-state index in [-0.39, 0.29) is 11.8 Å². The molecule has 4 aromatic rings. The Kier molecular flexibility index (Phi) is 7.03. The van der Waals surface area contributed by atoms with Crippen molar-refractivity contribution in [2.75, 3.05) is 44.9 Å². The number of oxazole rings is 1. The summed E-state index contributed by atoms with van der Waals surface area (Å²) in [6.07, 6.45) is 0. The Morgan fingerprint density at radius 2 is 1.69 bits per heavy atom. The van der Waals surface area contributed by atoms with E-state index in [9.17, 15) is 14.4 Å². The number of nitrogens with one attached hydrogen (secondary N) is 2. The lowest BCUT2D eigenvalue weighted by atomic mass is 9.99. The van der Waals surface area contributed by atoms with E-state index in [4.69, 9.17) is 16.0 Å². The molecule has 0 saturated heterocycles. The SMILES string of the molecule is CN(C)CCN(C)C(=O)c1ccc(N/C(=C2\C(=O)Nc3cc(Cl)ccc32)c2ccc3c(c2)oc(=O)n3C)cc1. The number of rotatable bonds is 7. The topological polar surface area (TPSA) is 99.8 Å². The smallest absolute Gasteiger partial charge is 0.408 e. The third-order valence-corrected chi connectivity index (χ3v) is 6.92. The molecule has 5 rings (SSSR count). The third-order valence-electron chi connectivity index (χ3n) is 6.69. The number of carbonyl (C=O) groups is 2. The normalized spacial score (nSPS) is 13.9. The summed E-state index contributed by atoms with van der Waals surface area (Å²) in [6, 6.07) is 17.6. The summed E-state index contributed by atoms with van der Waals surface area (Å²) in [5.41, 5.74) is 5.15. The summed E-state index contributed by atoms with van der Waals surface area (Å²) in [4.78, 5) is 41.9. The van der Waals surface area contributed by atoms with Gasteiger partial charge in [-0.1, -0.05) is 23.7 Å². The number of amides is 2. The van der Waals surface area contributed by atoms with E-state index >= 15 is 0 Å². The Morgan fingerprint density at radius 3 is 2.41 bits per heavy atom. The van der Waals surface area contributed by atoms with E-state index in [2.05, 4.69) is 10.6 Å². The number of nitrogens with zero attached hydrogens (tertiary/aromatic N) is 3. The molecular formula is C29H28ClN5O4. The molecule has 0 saturated carbocycles. The van der Waals surface area contributed by atoms with Crippen LogP contribution in [0.25, 0.3) is 22.4 Å². The van der Waals surface area contributed by atoms with Crippen LogP contribution < -0.4 is 16.4 Å². The largest absolute Gasteiger partial charge is 0.419 e. The second-order valence-corrected chi connectivity index (χ2v) is 10.2. The van der Waals surface area contributed by atoms with Crippen molar-refractivity contribution in [1.82, 2.24) is 14.4 Å². The lowest BCUT2D eigenvalue weighted by Crippen LogP contribution is -2.33. The molecule has 0 bridgehead atoms. The van der Waals surface area contributed by atoms with Gasteiger partial charge in [0.25, 0.3) is 11.8 Å². The average Bonchev–Trinajstić information content (AvgIpc) is 3.39. The van der Waals surface area contributed by atoms with Crippen LogP contribution >= 0.6 is 11.6 Å². The Morgan fingerprint density at radius 1 is 0.974 bits per heavy atom. The van der Waals surface area contributed by atoms with Crippen molar-refractivity contribution in [2.24, 2.45) is 7.05 Å². The molecule has 0 aliphatic carbocycles. The van der Waals surface area contributed by atoms with Crippen LogP contribution in [-0.2, 0) is 11.8 Å². The first kappa shape index (κ1) is 26.3. The molecule has 1 aromatic heterocycles. The molecular weight excluding hydrogens is 518 g/mol. The average molecular weight is 546 g/mol. The Balaban J connectivity index is 1.55. The van der Waals surface area contributed by atoms with Crippen molar-refractivity contribution < 1.29 is 14.0 Å². The molecule has 1 aliphatic heterocycles. The molecule has 0 spiro atoms. The predicted octanol–water partition coefficient (Wildman–Crippen LogP) is 4.35. The lowest BCUT2D eigenvalue weighted by Gasteiger charge is -2.20. The summed E-state index contributed by atoms with van der Waals surface area (Å²) < 4.78 is 6.83. The van der Waals surface area contributed by atoms with Gasteiger partial charge in [-0.3, -0.25) is 14.2 Å². The number of halogens is 1. The number of carbonyl (C=O) groups excluding carboxylic acids is 2. The second-order valence-electron chi connectivity index (χ2n) is 9.74. The van der Waals surface area contributed by atoms with Crippen LogP contribution in [-0.4, -0.2) is 60.4 Å². The van der Waals surface area contributed by atoms with E-state index in [0.29, 0.717) is 62.0 Å². The highest BCUT2D eigenvalue weighted by atomic mass is 35.5. The number of likely N-dealkylation sites (N-methyl/N-ethyl adjacent to an activating group) is 2. The van der Waals surface area contributed by atoms with Crippen LogP contribution in [0.3, 0.4) is 0 Å². The van der Waals surface area contributed by atoms with E-state index in [0.717, 1.165) is 6.54 Å². The highest BCUT2D eigenvalue weighted by Crippen LogP contribution is 2.39. The Bertz CT molecular complexity index is 1680. The van der Waals surface area contributed by atoms with Gasteiger partial charge >= 0.3 is 5.76 Å². The van der Waals surface area contributed by atoms with Gasteiger partial charge < -0.3 is 24.9 Å². The number of anilines is 2. The first-order valence-electron chi connectivity index (χ1n) is 12.3. The third kappa shape index (κ3) is 5.19. The van der Waals surface area contributed by atoms with Gasteiger partial charge in [-0.15, -0.1) is 0 Å². The fourth-order valence-corrected chi connectivity index (χ4v) is 4.65. The molecule has 3 aromatic carbocycles. The van der Waals surface area contributed by atoms with Crippen molar-refractivity contribution in [3.8, 4) is 0 Å². The summed E-state index contributed by atoms with van der Waals surface area (Å²) in [5, 5.41) is 6.76. The van der Waals surface area contributed by atoms with Crippen LogP contribution in [0.5, 0.6) is 0 Å². The molecule has 1 aliphatic rings. The molecule has 9 nitrogen and oxygen atoms in total. The molecule has 2 N–H and O–H groups in total. The van der Waals surface area contributed by atoms with Crippen LogP contribution in [0.1, 0.15) is 21.5 Å². The van der Waals surface area contributed by atoms with Crippen LogP contribution in [0.2, 0.25) is 5.02 Å². The van der Waals surface area contributed by atoms with Gasteiger partial charge in [-0.25, -0.2) is 4.79 Å². The molecule has 0 radical (unpaired) electrons. The summed E-state index contributed by atoms with van der Waals surface area (Å²) in [6.45, 7) is 1.37. The first-order valence-corrected chi connectivity index (χ1v) is 12.7. The van der Waals surface area contributed by atoms with Gasteiger partial charge in [0.1, 0.15) is 0 Å². The molecule has 2 heterocycles. The van der Waals surface area contributed by atoms with E-state index in [1.807, 2.05) is 25.1 Å². The highest BCUT2D eigenvalue weighted by molar-refractivity contribution is 6.38. The summed E-state index contributed by atoms with van der Waals surface area (Å²) >= 11 is 6.16. The standard InChI is InChI=1S/C29H28ClN5O4/c1-33(2)13-14-34(3)28(37)17-5-9-20(10-6-17)31-26(18-7-12-23-24(15-18)39-29(38)35(23)4)25-21-11-8-19(30)16-22(21)32-27(25)36/h5-12,15-16,31H,13-14H2,1-4H3,(H,32,36)/b26-25-. The van der Waals surface area contributed by atoms with Crippen LogP contribution in [0.4, 0.5) is 11.4 Å². The zero-order valence-corrected chi connectivity index (χ0v) is 22.8. The molecule has 10 heteroatoms. The molecule has 2 amide bonds. The number of aryl methyl sites for hydroxylation is 1. The minimum Gasteiger partial charge on any atom is -0.408 e. The molecule has 0 atom stereocenters. The van der Waals surface area contributed by atoms with E-state index < -0.39 is 5.76 Å².